The lowest BCUT2D eigenvalue weighted by Gasteiger charge is -2.48. The van der Waals surface area contributed by atoms with Crippen molar-refractivity contribution in [1.82, 2.24) is 4.90 Å². The highest BCUT2D eigenvalue weighted by Gasteiger charge is 2.53. The fourth-order valence-electron chi connectivity index (χ4n) is 9.25. The van der Waals surface area contributed by atoms with E-state index in [1.165, 1.54) is 33.1 Å². The number of hydrogen-bond acceptors (Lipinski definition) is 13. The molecule has 14 atom stereocenters. The van der Waals surface area contributed by atoms with Crippen LogP contribution in [0.3, 0.4) is 0 Å². The second kappa shape index (κ2) is 22.2. The van der Waals surface area contributed by atoms with E-state index in [1.54, 1.807) is 55.6 Å². The number of nitrogens with zero attached hydrogens (tertiary/aromatic N) is 3. The number of aliphatic hydroxyl groups is 3. The molecule has 2 aromatic carbocycles. The Morgan fingerprint density at radius 3 is 1.97 bits per heavy atom. The number of benzene rings is 2. The zero-order valence-corrected chi connectivity index (χ0v) is 40.2. The Bertz CT molecular complexity index is 2030. The number of carbonyl (C=O) groups excluding carboxylic acids is 2. The molecule has 67 heavy (non-hydrogen) atoms. The number of alkyl halides is 6. The summed E-state index contributed by atoms with van der Waals surface area (Å²) in [4.78, 5) is 30.0. The van der Waals surface area contributed by atoms with Crippen LogP contribution >= 0.6 is 0 Å². The lowest BCUT2D eigenvalue weighted by molar-refractivity contribution is -0.301. The van der Waals surface area contributed by atoms with Crippen LogP contribution in [0.4, 0.5) is 26.3 Å². The van der Waals surface area contributed by atoms with E-state index < -0.39 is 126 Å². The molecule has 0 aliphatic carbocycles. The normalized spacial score (nSPS) is 35.0. The maximum atomic E-state index is 14.3. The summed E-state index contributed by atoms with van der Waals surface area (Å²) in [5, 5.41) is 44.8. The fraction of sp³-hybridized carbons (Fsp3) is 0.667. The van der Waals surface area contributed by atoms with Crippen molar-refractivity contribution in [3.8, 4) is 0 Å². The number of cyclic esters (lactones) is 1. The lowest BCUT2D eigenvalue weighted by Crippen LogP contribution is -2.60. The minimum atomic E-state index is -4.61. The molecule has 0 amide bonds. The van der Waals surface area contributed by atoms with Crippen LogP contribution in [0.1, 0.15) is 104 Å². The SMILES string of the molecule is CCC1OC(=O)C(C)C(OC(=O)Cc2ccc(C(F)(F)F)cc2)C(C)C(OC2OC(C)CC(N(C)C)C2O)C(C)(OC)CC(C)C(=NN=C(C)c2ccc(C(F)(F)F)cc2)C(C)C(O)C1(C)O. The van der Waals surface area contributed by atoms with Gasteiger partial charge in [-0.2, -0.15) is 36.5 Å². The van der Waals surface area contributed by atoms with Gasteiger partial charge < -0.3 is 43.9 Å². The molecule has 2 fully saturated rings. The van der Waals surface area contributed by atoms with Gasteiger partial charge in [0.05, 0.1) is 53.1 Å². The molecule has 14 unspecified atom stereocenters. The summed E-state index contributed by atoms with van der Waals surface area (Å²) in [6, 6.07) is 7.89. The van der Waals surface area contributed by atoms with Crippen LogP contribution in [0, 0.1) is 23.7 Å². The number of carbonyl (C=O) groups is 2. The molecule has 0 saturated carbocycles. The first-order valence-electron chi connectivity index (χ1n) is 22.4. The molecule has 0 bridgehead atoms. The predicted molar refractivity (Wildman–Crippen MR) is 237 cm³/mol. The van der Waals surface area contributed by atoms with Gasteiger partial charge in [0.15, 0.2) is 6.29 Å². The first-order valence-corrected chi connectivity index (χ1v) is 22.4. The first kappa shape index (κ1) is 55.6. The van der Waals surface area contributed by atoms with E-state index in [-0.39, 0.29) is 29.8 Å². The van der Waals surface area contributed by atoms with Crippen molar-refractivity contribution in [2.24, 2.45) is 33.9 Å². The van der Waals surface area contributed by atoms with Crippen molar-refractivity contribution in [2.45, 2.75) is 161 Å². The van der Waals surface area contributed by atoms with Gasteiger partial charge in [-0.1, -0.05) is 52.0 Å². The van der Waals surface area contributed by atoms with E-state index in [0.29, 0.717) is 12.0 Å². The summed E-state index contributed by atoms with van der Waals surface area (Å²) in [7, 11) is 5.00. The third kappa shape index (κ3) is 13.4. The monoisotopic (exact) mass is 959 g/mol. The Balaban J connectivity index is 1.91. The number of rotatable bonds is 10. The number of hydrogen-bond donors (Lipinski definition) is 3. The lowest BCUT2D eigenvalue weighted by atomic mass is 9.73. The third-order valence-electron chi connectivity index (χ3n) is 13.4. The molecule has 2 aromatic rings. The Morgan fingerprint density at radius 1 is 0.910 bits per heavy atom. The van der Waals surface area contributed by atoms with Crippen molar-refractivity contribution >= 4 is 23.4 Å². The summed E-state index contributed by atoms with van der Waals surface area (Å²) in [6.07, 6.45) is -17.7. The van der Waals surface area contributed by atoms with Gasteiger partial charge in [-0.3, -0.25) is 9.59 Å². The van der Waals surface area contributed by atoms with Gasteiger partial charge in [-0.15, -0.1) is 0 Å². The maximum absolute atomic E-state index is 14.3. The highest BCUT2D eigenvalue weighted by Crippen LogP contribution is 2.41. The summed E-state index contributed by atoms with van der Waals surface area (Å²) >= 11 is 0. The van der Waals surface area contributed by atoms with Gasteiger partial charge in [-0.05, 0) is 109 Å². The molecule has 2 aliphatic heterocycles. The second-order valence-corrected chi connectivity index (χ2v) is 18.8. The molecule has 376 valence electrons. The second-order valence-electron chi connectivity index (χ2n) is 18.8. The molecular formula is C48H67F6N3O10. The zero-order valence-electron chi connectivity index (χ0n) is 40.2. The maximum Gasteiger partial charge on any atom is 0.416 e. The van der Waals surface area contributed by atoms with Gasteiger partial charge in [0.25, 0.3) is 0 Å². The largest absolute Gasteiger partial charge is 0.461 e. The number of esters is 2. The fourth-order valence-corrected chi connectivity index (χ4v) is 9.25. The number of likely N-dealkylation sites (N-methyl/N-ethyl adjacent to an activating group) is 1. The molecular weight excluding hydrogens is 893 g/mol. The Labute approximate surface area is 388 Å². The molecule has 4 rings (SSSR count). The van der Waals surface area contributed by atoms with E-state index in [2.05, 4.69) is 10.2 Å². The molecule has 19 heteroatoms. The van der Waals surface area contributed by atoms with Crippen LogP contribution in [0.25, 0.3) is 0 Å². The molecule has 2 aliphatic rings. The highest BCUT2D eigenvalue weighted by atomic mass is 19.4. The van der Waals surface area contributed by atoms with Crippen molar-refractivity contribution < 1.29 is 74.9 Å². The van der Waals surface area contributed by atoms with Gasteiger partial charge in [-0.25, -0.2) is 0 Å². The average Bonchev–Trinajstić information content (AvgIpc) is 3.25. The summed E-state index contributed by atoms with van der Waals surface area (Å²) in [5.74, 6) is -5.88. The number of aliphatic hydroxyl groups excluding tert-OH is 2. The van der Waals surface area contributed by atoms with Crippen molar-refractivity contribution in [3.63, 3.8) is 0 Å². The topological polar surface area (TPSA) is 169 Å². The number of methoxy groups -OCH3 is 1. The third-order valence-corrected chi connectivity index (χ3v) is 13.4. The van der Waals surface area contributed by atoms with E-state index in [1.807, 2.05) is 11.8 Å². The van der Waals surface area contributed by atoms with E-state index in [4.69, 9.17) is 23.7 Å². The van der Waals surface area contributed by atoms with Gasteiger partial charge in [0.1, 0.15) is 23.9 Å². The number of halogens is 6. The van der Waals surface area contributed by atoms with Crippen molar-refractivity contribution in [1.29, 1.82) is 0 Å². The first-order chi connectivity index (χ1) is 31.0. The Kier molecular flexibility index (Phi) is 18.4. The summed E-state index contributed by atoms with van der Waals surface area (Å²) in [6.45, 7) is 14.5. The zero-order chi connectivity index (χ0) is 50.6. The summed E-state index contributed by atoms with van der Waals surface area (Å²) < 4.78 is 112. The van der Waals surface area contributed by atoms with Crippen molar-refractivity contribution in [2.75, 3.05) is 21.2 Å². The van der Waals surface area contributed by atoms with Crippen LogP contribution in [0.15, 0.2) is 58.7 Å². The molecule has 0 spiro atoms. The van der Waals surface area contributed by atoms with Crippen LogP contribution in [0.5, 0.6) is 0 Å². The molecule has 0 aromatic heterocycles. The van der Waals surface area contributed by atoms with Crippen LogP contribution < -0.4 is 0 Å². The van der Waals surface area contributed by atoms with Gasteiger partial charge in [0, 0.05) is 30.7 Å². The van der Waals surface area contributed by atoms with Gasteiger partial charge in [0.2, 0.25) is 0 Å². The predicted octanol–water partition coefficient (Wildman–Crippen LogP) is 7.64. The Hall–Kier alpha value is -3.98. The molecule has 3 N–H and O–H groups in total. The van der Waals surface area contributed by atoms with Crippen molar-refractivity contribution in [3.05, 3.63) is 70.8 Å². The smallest absolute Gasteiger partial charge is 0.416 e. The number of ether oxygens (including phenoxy) is 5. The van der Waals surface area contributed by atoms with Gasteiger partial charge >= 0.3 is 24.3 Å². The molecule has 2 saturated heterocycles. The van der Waals surface area contributed by atoms with E-state index in [0.717, 1.165) is 36.4 Å². The Morgan fingerprint density at radius 2 is 1.46 bits per heavy atom. The van der Waals surface area contributed by atoms with E-state index >= 15 is 0 Å². The average molecular weight is 960 g/mol. The minimum absolute atomic E-state index is 0.00310. The molecule has 2 heterocycles. The van der Waals surface area contributed by atoms with Crippen LogP contribution in [-0.2, 0) is 52.0 Å². The van der Waals surface area contributed by atoms with E-state index in [9.17, 15) is 51.3 Å². The molecule has 13 nitrogen and oxygen atoms in total. The van der Waals surface area contributed by atoms with Crippen LogP contribution in [0.2, 0.25) is 0 Å². The van der Waals surface area contributed by atoms with Crippen LogP contribution in [-0.4, -0.2) is 125 Å². The summed E-state index contributed by atoms with van der Waals surface area (Å²) in [5.41, 5.74) is -4.39. The quantitative estimate of drug-likeness (QED) is 0.0927. The minimum Gasteiger partial charge on any atom is -0.461 e. The standard InChI is InChI=1S/C48H67F6N3O10/c1-13-36-46(9,62)41(60)27(4)38(56-55-30(7)32-16-20-34(21-17-32)48(52,53)54)25(2)24-45(8,63-12)42(67-44-39(59)35(57(10)11)22-26(3)64-44)28(5)40(29(6)43(61)65-36)66-37(58)23-31-14-18-33(19-15-31)47(49,50)51/h14-21,25-29,35-36,39-42,44,59-60,62H,13,22-24H2,1-12H3. The highest BCUT2D eigenvalue weighted by molar-refractivity contribution is 5.99. The molecule has 0 radical (unpaired) electrons.